The van der Waals surface area contributed by atoms with Gasteiger partial charge in [0.2, 0.25) is 5.13 Å². The van der Waals surface area contributed by atoms with E-state index in [1.165, 1.54) is 16.2 Å². The second kappa shape index (κ2) is 10.2. The molecule has 1 aromatic heterocycles. The molecule has 1 amide bonds. The zero-order valence-electron chi connectivity index (χ0n) is 21.2. The summed E-state index contributed by atoms with van der Waals surface area (Å²) in [6, 6.07) is 13.8. The second-order valence-corrected chi connectivity index (χ2v) is 11.0. The van der Waals surface area contributed by atoms with Crippen molar-refractivity contribution in [1.82, 2.24) is 10.2 Å². The van der Waals surface area contributed by atoms with Crippen molar-refractivity contribution in [2.24, 2.45) is 0 Å². The molecule has 4 rings (SSSR count). The maximum Gasteiger partial charge on any atom is 0.301 e. The van der Waals surface area contributed by atoms with Crippen LogP contribution in [0.15, 0.2) is 54.1 Å². The van der Waals surface area contributed by atoms with Crippen molar-refractivity contribution in [3.05, 3.63) is 75.8 Å². The molecule has 36 heavy (non-hydrogen) atoms. The molecule has 2 aromatic carbocycles. The molecule has 0 bridgehead atoms. The Morgan fingerprint density at radius 2 is 1.72 bits per heavy atom. The average molecular weight is 506 g/mol. The predicted molar refractivity (Wildman–Crippen MR) is 141 cm³/mol. The number of aromatic nitrogens is 2. The number of hydrogen-bond acceptors (Lipinski definition) is 7. The summed E-state index contributed by atoms with van der Waals surface area (Å²) in [6.07, 6.45) is 1.98. The van der Waals surface area contributed by atoms with Crippen LogP contribution in [0.1, 0.15) is 68.3 Å². The number of anilines is 1. The molecule has 1 N–H and O–H groups in total. The number of carbonyl (C=O) groups is 2. The van der Waals surface area contributed by atoms with Crippen LogP contribution in [0, 0.1) is 6.92 Å². The molecule has 1 atom stereocenters. The van der Waals surface area contributed by atoms with Crippen LogP contribution in [0.5, 0.6) is 5.75 Å². The Hall–Kier alpha value is -3.52. The minimum Gasteiger partial charge on any atom is -0.507 e. The third-order valence-corrected chi connectivity index (χ3v) is 6.99. The van der Waals surface area contributed by atoms with Gasteiger partial charge in [-0.25, -0.2) is 0 Å². The quantitative estimate of drug-likeness (QED) is 0.185. The Labute approximate surface area is 215 Å². The molecule has 1 fully saturated rings. The summed E-state index contributed by atoms with van der Waals surface area (Å²) in [7, 11) is 0. The Morgan fingerprint density at radius 1 is 1.06 bits per heavy atom. The molecule has 8 heteroatoms. The third kappa shape index (κ3) is 5.04. The lowest BCUT2D eigenvalue weighted by Gasteiger charge is -2.24. The van der Waals surface area contributed by atoms with E-state index in [0.29, 0.717) is 33.6 Å². The van der Waals surface area contributed by atoms with Crippen LogP contribution in [0.4, 0.5) is 5.13 Å². The number of benzene rings is 2. The van der Waals surface area contributed by atoms with E-state index in [-0.39, 0.29) is 16.7 Å². The summed E-state index contributed by atoms with van der Waals surface area (Å²) in [6.45, 7) is 10.8. The highest BCUT2D eigenvalue weighted by Gasteiger charge is 2.48. The maximum absolute atomic E-state index is 13.3. The van der Waals surface area contributed by atoms with Crippen LogP contribution in [0.2, 0.25) is 0 Å². The number of ketones is 1. The minimum absolute atomic E-state index is 0.0241. The first kappa shape index (κ1) is 25.6. The van der Waals surface area contributed by atoms with Gasteiger partial charge in [-0.15, -0.1) is 10.2 Å². The van der Waals surface area contributed by atoms with E-state index in [2.05, 4.69) is 37.9 Å². The van der Waals surface area contributed by atoms with Crippen molar-refractivity contribution >= 4 is 33.9 Å². The Morgan fingerprint density at radius 3 is 2.28 bits per heavy atom. The van der Waals surface area contributed by atoms with E-state index < -0.39 is 17.7 Å². The Balaban J connectivity index is 1.80. The maximum atomic E-state index is 13.3. The van der Waals surface area contributed by atoms with Gasteiger partial charge in [-0.3, -0.25) is 14.5 Å². The van der Waals surface area contributed by atoms with Crippen molar-refractivity contribution in [1.29, 1.82) is 0 Å². The summed E-state index contributed by atoms with van der Waals surface area (Å²) in [4.78, 5) is 27.8. The second-order valence-electron chi connectivity index (χ2n) is 9.87. The normalized spacial score (nSPS) is 17.6. The fourth-order valence-corrected chi connectivity index (χ4v) is 4.81. The monoisotopic (exact) mass is 505 g/mol. The highest BCUT2D eigenvalue weighted by atomic mass is 32.1. The van der Waals surface area contributed by atoms with Crippen LogP contribution in [-0.2, 0) is 15.0 Å². The van der Waals surface area contributed by atoms with E-state index in [4.69, 9.17) is 4.74 Å². The van der Waals surface area contributed by atoms with Gasteiger partial charge in [-0.05, 0) is 54.2 Å². The van der Waals surface area contributed by atoms with Gasteiger partial charge in [-0.2, -0.15) is 0 Å². The molecule has 7 nitrogen and oxygen atoms in total. The zero-order valence-corrected chi connectivity index (χ0v) is 22.1. The van der Waals surface area contributed by atoms with Crippen LogP contribution >= 0.6 is 11.3 Å². The lowest BCUT2D eigenvalue weighted by atomic mass is 9.85. The van der Waals surface area contributed by atoms with Crippen molar-refractivity contribution in [3.63, 3.8) is 0 Å². The van der Waals surface area contributed by atoms with Gasteiger partial charge in [0, 0.05) is 5.56 Å². The molecule has 188 valence electrons. The average Bonchev–Trinajstić information content (AvgIpc) is 3.39. The van der Waals surface area contributed by atoms with E-state index in [9.17, 15) is 14.7 Å². The van der Waals surface area contributed by atoms with E-state index in [0.717, 1.165) is 18.4 Å². The molecule has 1 aliphatic rings. The van der Waals surface area contributed by atoms with Crippen LogP contribution < -0.4 is 9.64 Å². The first-order chi connectivity index (χ1) is 17.1. The van der Waals surface area contributed by atoms with Crippen molar-refractivity contribution < 1.29 is 19.4 Å². The SMILES string of the molecule is CCCCOc1ccc(/C(O)=C2\C(=O)C(=O)N(c3nnc(C)s3)C2c2ccc(C(C)(C)C)cc2)cc1. The smallest absolute Gasteiger partial charge is 0.301 e. The van der Waals surface area contributed by atoms with Gasteiger partial charge in [-0.1, -0.05) is 69.7 Å². The molecule has 1 unspecified atom stereocenters. The van der Waals surface area contributed by atoms with Crippen LogP contribution in [-0.4, -0.2) is 33.6 Å². The van der Waals surface area contributed by atoms with Crippen LogP contribution in [0.25, 0.3) is 5.76 Å². The standard InChI is InChI=1S/C28H31N3O4S/c1-6-7-16-35-21-14-10-19(11-15-21)24(32)22-23(18-8-12-20(13-9-18)28(3,4)5)31(26(34)25(22)33)27-30-29-17(2)36-27/h8-15,23,32H,6-7,16H2,1-5H3/b24-22+. The first-order valence-corrected chi connectivity index (χ1v) is 12.9. The molecule has 0 radical (unpaired) electrons. The fraction of sp³-hybridized carbons (Fsp3) is 0.357. The van der Waals surface area contributed by atoms with Gasteiger partial charge in [0.15, 0.2) is 0 Å². The highest BCUT2D eigenvalue weighted by Crippen LogP contribution is 2.43. The molecule has 0 aliphatic carbocycles. The molecular weight excluding hydrogens is 474 g/mol. The number of unbranched alkanes of at least 4 members (excludes halogenated alkanes) is 1. The molecular formula is C28H31N3O4S. The molecule has 2 heterocycles. The van der Waals surface area contributed by atoms with E-state index in [1.54, 1.807) is 31.2 Å². The highest BCUT2D eigenvalue weighted by molar-refractivity contribution is 7.15. The Kier molecular flexibility index (Phi) is 7.26. The molecule has 0 spiro atoms. The number of carbonyl (C=O) groups excluding carboxylic acids is 2. The first-order valence-electron chi connectivity index (χ1n) is 12.1. The number of rotatable bonds is 7. The predicted octanol–water partition coefficient (Wildman–Crippen LogP) is 5.95. The zero-order chi connectivity index (χ0) is 26.0. The Bertz CT molecular complexity index is 1290. The number of amides is 1. The van der Waals surface area contributed by atoms with Gasteiger partial charge in [0.25, 0.3) is 5.78 Å². The summed E-state index contributed by atoms with van der Waals surface area (Å²) in [5.41, 5.74) is 2.22. The topological polar surface area (TPSA) is 92.6 Å². The van der Waals surface area contributed by atoms with Crippen LogP contribution in [0.3, 0.4) is 0 Å². The van der Waals surface area contributed by atoms with E-state index >= 15 is 0 Å². The molecule has 0 saturated carbocycles. The number of aliphatic hydroxyl groups is 1. The summed E-state index contributed by atoms with van der Waals surface area (Å²) < 4.78 is 5.71. The minimum atomic E-state index is -0.827. The summed E-state index contributed by atoms with van der Waals surface area (Å²) in [5.74, 6) is -1.05. The van der Waals surface area contributed by atoms with Gasteiger partial charge >= 0.3 is 5.91 Å². The lowest BCUT2D eigenvalue weighted by Crippen LogP contribution is -2.29. The van der Waals surface area contributed by atoms with Crippen molar-refractivity contribution in [2.45, 2.75) is 58.9 Å². The lowest BCUT2D eigenvalue weighted by molar-refractivity contribution is -0.132. The van der Waals surface area contributed by atoms with E-state index in [1.807, 2.05) is 24.3 Å². The van der Waals surface area contributed by atoms with Gasteiger partial charge < -0.3 is 9.84 Å². The van der Waals surface area contributed by atoms with Crippen molar-refractivity contribution in [2.75, 3.05) is 11.5 Å². The molecule has 1 aliphatic heterocycles. The molecule has 3 aromatic rings. The number of aliphatic hydroxyl groups excluding tert-OH is 1. The number of aryl methyl sites for hydroxylation is 1. The fourth-order valence-electron chi connectivity index (χ4n) is 4.09. The third-order valence-electron chi connectivity index (χ3n) is 6.15. The van der Waals surface area contributed by atoms with Gasteiger partial charge in [0.1, 0.15) is 16.5 Å². The number of nitrogens with zero attached hydrogens (tertiary/aromatic N) is 3. The van der Waals surface area contributed by atoms with Gasteiger partial charge in [0.05, 0.1) is 18.2 Å². The summed E-state index contributed by atoms with van der Waals surface area (Å²) in [5, 5.41) is 20.5. The summed E-state index contributed by atoms with van der Waals surface area (Å²) >= 11 is 1.23. The number of Topliss-reactive ketones (excluding diaryl/α,β-unsaturated/α-hetero) is 1. The largest absolute Gasteiger partial charge is 0.507 e. The number of ether oxygens (including phenoxy) is 1. The molecule has 1 saturated heterocycles. The number of hydrogen-bond donors (Lipinski definition) is 1. The van der Waals surface area contributed by atoms with Crippen molar-refractivity contribution in [3.8, 4) is 5.75 Å².